The maximum Gasteiger partial charge on any atom is 0.407 e. The molecule has 1 amide bonds. The van der Waals surface area contributed by atoms with Crippen LogP contribution in [0.5, 0.6) is 0 Å². The first-order valence-electron chi connectivity index (χ1n) is 6.70. The van der Waals surface area contributed by atoms with Gasteiger partial charge in [-0.3, -0.25) is 4.79 Å². The molecule has 0 spiro atoms. The standard InChI is InChI=1S/C13H24N2O4/c1-5-18-11(16)9-8-14-7-6-10(9)15-12(17)19-13(2,3)4/h9-10,14H,5-8H2,1-4H3,(H,15,17)/t9-,10+/m1/s1. The van der Waals surface area contributed by atoms with Gasteiger partial charge in [0.2, 0.25) is 0 Å². The molecule has 2 atom stereocenters. The van der Waals surface area contributed by atoms with Crippen molar-refractivity contribution in [2.45, 2.75) is 45.8 Å². The Morgan fingerprint density at radius 1 is 1.37 bits per heavy atom. The van der Waals surface area contributed by atoms with E-state index in [0.717, 1.165) is 6.54 Å². The van der Waals surface area contributed by atoms with Crippen molar-refractivity contribution in [3.8, 4) is 0 Å². The molecule has 1 heterocycles. The van der Waals surface area contributed by atoms with E-state index < -0.39 is 11.7 Å². The molecular weight excluding hydrogens is 248 g/mol. The predicted molar refractivity (Wildman–Crippen MR) is 70.8 cm³/mol. The van der Waals surface area contributed by atoms with Crippen LogP contribution in [0.1, 0.15) is 34.1 Å². The Morgan fingerprint density at radius 2 is 2.05 bits per heavy atom. The van der Waals surface area contributed by atoms with E-state index in [1.807, 2.05) is 0 Å². The fraction of sp³-hybridized carbons (Fsp3) is 0.846. The third-order valence-corrected chi connectivity index (χ3v) is 2.77. The Hall–Kier alpha value is -1.30. The average molecular weight is 272 g/mol. The summed E-state index contributed by atoms with van der Waals surface area (Å²) in [4.78, 5) is 23.6. The number of amides is 1. The van der Waals surface area contributed by atoms with E-state index in [1.165, 1.54) is 0 Å². The van der Waals surface area contributed by atoms with Crippen molar-refractivity contribution in [1.29, 1.82) is 0 Å². The highest BCUT2D eigenvalue weighted by molar-refractivity contribution is 5.75. The van der Waals surface area contributed by atoms with Crippen LogP contribution < -0.4 is 10.6 Å². The number of carbonyl (C=O) groups is 2. The van der Waals surface area contributed by atoms with Crippen molar-refractivity contribution in [3.05, 3.63) is 0 Å². The second kappa shape index (κ2) is 6.75. The van der Waals surface area contributed by atoms with Gasteiger partial charge in [-0.1, -0.05) is 0 Å². The molecule has 0 unspecified atom stereocenters. The molecule has 6 heteroatoms. The number of carbonyl (C=O) groups excluding carboxylic acids is 2. The molecule has 1 saturated heterocycles. The lowest BCUT2D eigenvalue weighted by Crippen LogP contribution is -2.53. The van der Waals surface area contributed by atoms with Gasteiger partial charge >= 0.3 is 12.1 Å². The van der Waals surface area contributed by atoms with Crippen LogP contribution in [0.25, 0.3) is 0 Å². The fourth-order valence-electron chi connectivity index (χ4n) is 1.99. The molecule has 6 nitrogen and oxygen atoms in total. The summed E-state index contributed by atoms with van der Waals surface area (Å²) >= 11 is 0. The summed E-state index contributed by atoms with van der Waals surface area (Å²) in [7, 11) is 0. The van der Waals surface area contributed by atoms with Crippen molar-refractivity contribution in [3.63, 3.8) is 0 Å². The molecule has 110 valence electrons. The molecule has 0 saturated carbocycles. The van der Waals surface area contributed by atoms with E-state index in [-0.39, 0.29) is 17.9 Å². The minimum atomic E-state index is -0.545. The molecule has 0 bridgehead atoms. The molecule has 0 radical (unpaired) electrons. The van der Waals surface area contributed by atoms with Crippen LogP contribution in [-0.2, 0) is 14.3 Å². The number of ether oxygens (including phenoxy) is 2. The van der Waals surface area contributed by atoms with Crippen molar-refractivity contribution >= 4 is 12.1 Å². The van der Waals surface area contributed by atoms with Gasteiger partial charge in [0, 0.05) is 12.6 Å². The second-order valence-corrected chi connectivity index (χ2v) is 5.60. The van der Waals surface area contributed by atoms with Gasteiger partial charge in [-0.15, -0.1) is 0 Å². The largest absolute Gasteiger partial charge is 0.466 e. The normalized spacial score (nSPS) is 23.6. The molecule has 0 aromatic heterocycles. The molecule has 19 heavy (non-hydrogen) atoms. The zero-order valence-electron chi connectivity index (χ0n) is 12.1. The smallest absolute Gasteiger partial charge is 0.407 e. The first-order chi connectivity index (χ1) is 8.83. The van der Waals surface area contributed by atoms with Crippen LogP contribution in [0.15, 0.2) is 0 Å². The van der Waals surface area contributed by atoms with Crippen LogP contribution in [0, 0.1) is 5.92 Å². The molecule has 2 N–H and O–H groups in total. The van der Waals surface area contributed by atoms with E-state index in [0.29, 0.717) is 19.6 Å². The van der Waals surface area contributed by atoms with Crippen LogP contribution in [-0.4, -0.2) is 43.4 Å². The Kier molecular flexibility index (Phi) is 5.60. The Morgan fingerprint density at radius 3 is 2.63 bits per heavy atom. The molecular formula is C13H24N2O4. The molecule has 0 aliphatic carbocycles. The molecule has 1 fully saturated rings. The molecule has 1 rings (SSSR count). The highest BCUT2D eigenvalue weighted by Gasteiger charge is 2.34. The fourth-order valence-corrected chi connectivity index (χ4v) is 1.99. The minimum absolute atomic E-state index is 0.241. The summed E-state index contributed by atoms with van der Waals surface area (Å²) in [5.41, 5.74) is -0.545. The van der Waals surface area contributed by atoms with E-state index in [2.05, 4.69) is 10.6 Å². The summed E-state index contributed by atoms with van der Waals surface area (Å²) < 4.78 is 10.2. The zero-order valence-corrected chi connectivity index (χ0v) is 12.1. The average Bonchev–Trinajstić information content (AvgIpc) is 2.27. The maximum absolute atomic E-state index is 11.8. The molecule has 0 aromatic carbocycles. The predicted octanol–water partition coefficient (Wildman–Crippen LogP) is 1.05. The van der Waals surface area contributed by atoms with Crippen molar-refractivity contribution in [1.82, 2.24) is 10.6 Å². The Bertz CT molecular complexity index is 325. The van der Waals surface area contributed by atoms with Crippen LogP contribution >= 0.6 is 0 Å². The van der Waals surface area contributed by atoms with Crippen molar-refractivity contribution < 1.29 is 19.1 Å². The Balaban J connectivity index is 2.57. The number of nitrogens with one attached hydrogen (secondary N) is 2. The van der Waals surface area contributed by atoms with Gasteiger partial charge in [-0.25, -0.2) is 4.79 Å². The van der Waals surface area contributed by atoms with Gasteiger partial charge in [0.1, 0.15) is 5.60 Å². The van der Waals surface area contributed by atoms with Gasteiger partial charge in [0.15, 0.2) is 0 Å². The third kappa shape index (κ3) is 5.46. The Labute approximate surface area is 114 Å². The molecule has 1 aliphatic rings. The lowest BCUT2D eigenvalue weighted by molar-refractivity contribution is -0.149. The van der Waals surface area contributed by atoms with E-state index in [1.54, 1.807) is 27.7 Å². The summed E-state index contributed by atoms with van der Waals surface area (Å²) in [6.07, 6.45) is 0.191. The van der Waals surface area contributed by atoms with Crippen LogP contribution in [0.4, 0.5) is 4.79 Å². The third-order valence-electron chi connectivity index (χ3n) is 2.77. The first-order valence-corrected chi connectivity index (χ1v) is 6.70. The number of hydrogen-bond acceptors (Lipinski definition) is 5. The molecule has 0 aromatic rings. The monoisotopic (exact) mass is 272 g/mol. The molecule has 1 aliphatic heterocycles. The maximum atomic E-state index is 11.8. The SMILES string of the molecule is CCOC(=O)[C@@H]1CNCC[C@@H]1NC(=O)OC(C)(C)C. The van der Waals surface area contributed by atoms with Crippen molar-refractivity contribution in [2.24, 2.45) is 5.92 Å². The second-order valence-electron chi connectivity index (χ2n) is 5.60. The lowest BCUT2D eigenvalue weighted by Gasteiger charge is -2.31. The topological polar surface area (TPSA) is 76.7 Å². The summed E-state index contributed by atoms with van der Waals surface area (Å²) in [5.74, 6) is -0.642. The van der Waals surface area contributed by atoms with Gasteiger partial charge in [0.25, 0.3) is 0 Å². The number of esters is 1. The quantitative estimate of drug-likeness (QED) is 0.751. The van der Waals surface area contributed by atoms with Crippen LogP contribution in [0.2, 0.25) is 0 Å². The van der Waals surface area contributed by atoms with Gasteiger partial charge < -0.3 is 20.1 Å². The summed E-state index contributed by atoms with van der Waals surface area (Å²) in [6.45, 7) is 8.79. The van der Waals surface area contributed by atoms with E-state index >= 15 is 0 Å². The summed E-state index contributed by atoms with van der Waals surface area (Å²) in [6, 6.07) is -0.241. The van der Waals surface area contributed by atoms with Crippen molar-refractivity contribution in [2.75, 3.05) is 19.7 Å². The van der Waals surface area contributed by atoms with Crippen LogP contribution in [0.3, 0.4) is 0 Å². The highest BCUT2D eigenvalue weighted by Crippen LogP contribution is 2.15. The van der Waals surface area contributed by atoms with Gasteiger partial charge in [-0.05, 0) is 40.7 Å². The first kappa shape index (κ1) is 15.8. The lowest BCUT2D eigenvalue weighted by atomic mass is 9.93. The number of rotatable bonds is 3. The van der Waals surface area contributed by atoms with E-state index in [9.17, 15) is 9.59 Å². The number of hydrogen-bond donors (Lipinski definition) is 2. The summed E-state index contributed by atoms with van der Waals surface area (Å²) in [5, 5.41) is 5.90. The minimum Gasteiger partial charge on any atom is -0.466 e. The number of alkyl carbamates (subject to hydrolysis) is 1. The van der Waals surface area contributed by atoms with Gasteiger partial charge in [0.05, 0.1) is 12.5 Å². The highest BCUT2D eigenvalue weighted by atomic mass is 16.6. The zero-order chi connectivity index (χ0) is 14.5. The van der Waals surface area contributed by atoms with Gasteiger partial charge in [-0.2, -0.15) is 0 Å². The van der Waals surface area contributed by atoms with E-state index in [4.69, 9.17) is 9.47 Å². The number of piperidine rings is 1.